The second kappa shape index (κ2) is 1.82. The molecule has 0 atom stereocenters. The van der Waals surface area contributed by atoms with E-state index in [4.69, 9.17) is 11.5 Å². The zero-order valence-electron chi connectivity index (χ0n) is 5.60. The zero-order valence-corrected chi connectivity index (χ0v) is 5.60. The SMILES string of the molecule is Nc1cc2nc(N)nn2cn1. The fourth-order valence-electron chi connectivity index (χ4n) is 0.827. The minimum atomic E-state index is 0.220. The summed E-state index contributed by atoms with van der Waals surface area (Å²) in [4.78, 5) is 7.69. The molecule has 0 radical (unpaired) electrons. The molecule has 2 aromatic rings. The van der Waals surface area contributed by atoms with Crippen LogP contribution in [0.15, 0.2) is 12.4 Å². The van der Waals surface area contributed by atoms with E-state index in [1.165, 1.54) is 10.8 Å². The van der Waals surface area contributed by atoms with Crippen LogP contribution in [0.25, 0.3) is 5.65 Å². The van der Waals surface area contributed by atoms with Gasteiger partial charge in [-0.2, -0.15) is 4.98 Å². The first kappa shape index (κ1) is 5.90. The van der Waals surface area contributed by atoms with Gasteiger partial charge in [0, 0.05) is 6.07 Å². The van der Waals surface area contributed by atoms with Gasteiger partial charge in [-0.1, -0.05) is 0 Å². The van der Waals surface area contributed by atoms with Gasteiger partial charge in [-0.05, 0) is 0 Å². The van der Waals surface area contributed by atoms with E-state index in [9.17, 15) is 0 Å². The van der Waals surface area contributed by atoms with Crippen molar-refractivity contribution < 1.29 is 0 Å². The van der Waals surface area contributed by atoms with Gasteiger partial charge in [-0.15, -0.1) is 5.10 Å². The predicted molar refractivity (Wildman–Crippen MR) is 39.6 cm³/mol. The van der Waals surface area contributed by atoms with E-state index in [1.54, 1.807) is 6.07 Å². The van der Waals surface area contributed by atoms with E-state index in [2.05, 4.69) is 15.1 Å². The van der Waals surface area contributed by atoms with Crippen LogP contribution in [0.4, 0.5) is 11.8 Å². The molecule has 0 aliphatic heterocycles. The number of hydrogen-bond acceptors (Lipinski definition) is 5. The van der Waals surface area contributed by atoms with Gasteiger partial charge in [-0.3, -0.25) is 0 Å². The lowest BCUT2D eigenvalue weighted by Crippen LogP contribution is -1.94. The van der Waals surface area contributed by atoms with Crippen molar-refractivity contribution in [2.45, 2.75) is 0 Å². The molecule has 0 unspecified atom stereocenters. The summed E-state index contributed by atoms with van der Waals surface area (Å²) in [5.74, 6) is 0.627. The third-order valence-electron chi connectivity index (χ3n) is 1.27. The number of nitrogens with zero attached hydrogens (tertiary/aromatic N) is 4. The maximum absolute atomic E-state index is 5.40. The van der Waals surface area contributed by atoms with Crippen LogP contribution < -0.4 is 11.5 Å². The summed E-state index contributed by atoms with van der Waals surface area (Å²) in [5, 5.41) is 3.82. The first-order chi connectivity index (χ1) is 5.25. The largest absolute Gasteiger partial charge is 0.384 e. The second-order valence-electron chi connectivity index (χ2n) is 2.09. The van der Waals surface area contributed by atoms with Gasteiger partial charge in [0.1, 0.15) is 12.1 Å². The van der Waals surface area contributed by atoms with Crippen LogP contribution in [-0.2, 0) is 0 Å². The molecular weight excluding hydrogens is 144 g/mol. The number of nitrogen functional groups attached to an aromatic ring is 2. The van der Waals surface area contributed by atoms with Gasteiger partial charge in [-0.25, -0.2) is 9.50 Å². The number of rotatable bonds is 0. The number of nitrogens with two attached hydrogens (primary N) is 2. The van der Waals surface area contributed by atoms with Crippen molar-refractivity contribution in [2.75, 3.05) is 11.5 Å². The Kier molecular flexibility index (Phi) is 0.974. The first-order valence-electron chi connectivity index (χ1n) is 2.99. The van der Waals surface area contributed by atoms with Crippen molar-refractivity contribution in [3.63, 3.8) is 0 Å². The van der Waals surface area contributed by atoms with E-state index in [-0.39, 0.29) is 5.95 Å². The Morgan fingerprint density at radius 2 is 2.18 bits per heavy atom. The maximum Gasteiger partial charge on any atom is 0.240 e. The number of aromatic nitrogens is 4. The third kappa shape index (κ3) is 0.841. The van der Waals surface area contributed by atoms with E-state index in [1.807, 2.05) is 0 Å². The normalized spacial score (nSPS) is 10.5. The Morgan fingerprint density at radius 3 is 3.00 bits per heavy atom. The van der Waals surface area contributed by atoms with Crippen LogP contribution in [0.5, 0.6) is 0 Å². The van der Waals surface area contributed by atoms with E-state index < -0.39 is 0 Å². The van der Waals surface area contributed by atoms with Crippen LogP contribution >= 0.6 is 0 Å². The van der Waals surface area contributed by atoms with E-state index >= 15 is 0 Å². The highest BCUT2D eigenvalue weighted by Crippen LogP contribution is 2.03. The van der Waals surface area contributed by atoms with Crippen LogP contribution in [-0.4, -0.2) is 19.6 Å². The minimum absolute atomic E-state index is 0.220. The summed E-state index contributed by atoms with van der Waals surface area (Å²) in [6.07, 6.45) is 1.47. The Labute approximate surface area is 61.9 Å². The molecule has 0 fully saturated rings. The molecule has 0 aromatic carbocycles. The van der Waals surface area contributed by atoms with Crippen molar-refractivity contribution in [3.05, 3.63) is 12.4 Å². The quantitative estimate of drug-likeness (QED) is 0.517. The molecule has 6 heteroatoms. The molecule has 0 amide bonds. The molecule has 0 aliphatic carbocycles. The van der Waals surface area contributed by atoms with Crippen LogP contribution in [0, 0.1) is 0 Å². The molecule has 2 aromatic heterocycles. The van der Waals surface area contributed by atoms with E-state index in [0.717, 1.165) is 0 Å². The fourth-order valence-corrected chi connectivity index (χ4v) is 0.827. The monoisotopic (exact) mass is 150 g/mol. The van der Waals surface area contributed by atoms with Crippen molar-refractivity contribution in [3.8, 4) is 0 Å². The highest BCUT2D eigenvalue weighted by molar-refractivity contribution is 5.48. The van der Waals surface area contributed by atoms with Crippen molar-refractivity contribution in [1.29, 1.82) is 0 Å². The fraction of sp³-hybridized carbons (Fsp3) is 0. The molecular formula is C5H6N6. The molecule has 0 saturated carbocycles. The molecule has 11 heavy (non-hydrogen) atoms. The van der Waals surface area contributed by atoms with Gasteiger partial charge in [0.15, 0.2) is 5.65 Å². The van der Waals surface area contributed by atoms with Crippen LogP contribution in [0.2, 0.25) is 0 Å². The summed E-state index contributed by atoms with van der Waals surface area (Å²) < 4.78 is 1.46. The van der Waals surface area contributed by atoms with Crippen molar-refractivity contribution in [1.82, 2.24) is 19.6 Å². The Bertz CT molecular complexity index is 391. The maximum atomic E-state index is 5.40. The predicted octanol–water partition coefficient (Wildman–Crippen LogP) is -0.711. The molecule has 6 nitrogen and oxygen atoms in total. The van der Waals surface area contributed by atoms with Gasteiger partial charge in [0.2, 0.25) is 5.95 Å². The van der Waals surface area contributed by atoms with Gasteiger partial charge in [0.05, 0.1) is 0 Å². The van der Waals surface area contributed by atoms with Gasteiger partial charge in [0.25, 0.3) is 0 Å². The molecule has 0 spiro atoms. The molecule has 56 valence electrons. The Morgan fingerprint density at radius 1 is 1.36 bits per heavy atom. The van der Waals surface area contributed by atoms with Crippen molar-refractivity contribution >= 4 is 17.4 Å². The summed E-state index contributed by atoms with van der Waals surface area (Å²) in [5.41, 5.74) is 11.3. The molecule has 0 saturated heterocycles. The Hall–Kier alpha value is -1.85. The van der Waals surface area contributed by atoms with Gasteiger partial charge >= 0.3 is 0 Å². The minimum Gasteiger partial charge on any atom is -0.384 e. The second-order valence-corrected chi connectivity index (χ2v) is 2.09. The Balaban J connectivity index is 2.82. The summed E-state index contributed by atoms with van der Waals surface area (Å²) in [7, 11) is 0. The standard InChI is InChI=1S/C5H6N6/c6-3-1-4-9-5(7)10-11(4)2-8-3/h1-2H,6H2,(H2,7,10). The number of fused-ring (bicyclic) bond motifs is 1. The average Bonchev–Trinajstić information content (AvgIpc) is 2.27. The molecule has 2 heterocycles. The number of anilines is 2. The lowest BCUT2D eigenvalue weighted by atomic mass is 10.6. The lowest BCUT2D eigenvalue weighted by Gasteiger charge is -1.89. The first-order valence-corrected chi connectivity index (χ1v) is 2.99. The van der Waals surface area contributed by atoms with E-state index in [0.29, 0.717) is 11.5 Å². The smallest absolute Gasteiger partial charge is 0.240 e. The van der Waals surface area contributed by atoms with Crippen LogP contribution in [0.1, 0.15) is 0 Å². The zero-order chi connectivity index (χ0) is 7.84. The third-order valence-corrected chi connectivity index (χ3v) is 1.27. The van der Waals surface area contributed by atoms with Crippen molar-refractivity contribution in [2.24, 2.45) is 0 Å². The highest BCUT2D eigenvalue weighted by Gasteiger charge is 1.98. The lowest BCUT2D eigenvalue weighted by molar-refractivity contribution is 0.930. The molecule has 2 rings (SSSR count). The molecule has 0 bridgehead atoms. The van der Waals surface area contributed by atoms with Gasteiger partial charge < -0.3 is 11.5 Å². The van der Waals surface area contributed by atoms with Crippen LogP contribution in [0.3, 0.4) is 0 Å². The topological polar surface area (TPSA) is 95.1 Å². The summed E-state index contributed by atoms with van der Waals surface area (Å²) in [6.45, 7) is 0. The number of hydrogen-bond donors (Lipinski definition) is 2. The molecule has 4 N–H and O–H groups in total. The highest BCUT2D eigenvalue weighted by atomic mass is 15.3. The molecule has 0 aliphatic rings. The summed E-state index contributed by atoms with van der Waals surface area (Å²) in [6, 6.07) is 1.60. The summed E-state index contributed by atoms with van der Waals surface area (Å²) >= 11 is 0. The average molecular weight is 150 g/mol.